The zero-order chi connectivity index (χ0) is 22.2. The average molecular weight is 425 g/mol. The molecule has 0 radical (unpaired) electrons. The number of benzene rings is 1. The molecule has 31 heavy (non-hydrogen) atoms. The number of hydrogen-bond donors (Lipinski definition) is 1. The van der Waals surface area contributed by atoms with E-state index in [0.717, 1.165) is 0 Å². The zero-order valence-corrected chi connectivity index (χ0v) is 17.4. The largest absolute Gasteiger partial charge is 0.479 e. The minimum absolute atomic E-state index is 0.0937. The Bertz CT molecular complexity index is 1300. The summed E-state index contributed by atoms with van der Waals surface area (Å²) in [6.07, 6.45) is 3.15. The van der Waals surface area contributed by atoms with Crippen LogP contribution >= 0.6 is 0 Å². The Morgan fingerprint density at radius 1 is 1.32 bits per heavy atom. The van der Waals surface area contributed by atoms with Crippen LogP contribution in [0.15, 0.2) is 30.7 Å². The van der Waals surface area contributed by atoms with E-state index in [2.05, 4.69) is 26.5 Å². The first-order valence-electron chi connectivity index (χ1n) is 9.66. The number of methoxy groups -OCH3 is 1. The molecule has 4 rings (SSSR count). The number of nitrogens with zero attached hydrogens (tertiary/aromatic N) is 6. The van der Waals surface area contributed by atoms with Crippen LogP contribution in [0.2, 0.25) is 0 Å². The molecule has 0 aliphatic rings. The number of anilines is 1. The van der Waals surface area contributed by atoms with Crippen LogP contribution in [-0.4, -0.2) is 44.5 Å². The Kier molecular flexibility index (Phi) is 5.19. The van der Waals surface area contributed by atoms with Gasteiger partial charge in [-0.05, 0) is 37.6 Å². The molecule has 3 heterocycles. The molecule has 1 aromatic carbocycles. The highest BCUT2D eigenvalue weighted by molar-refractivity contribution is 5.90. The molecule has 0 fully saturated rings. The number of rotatable bonds is 7. The SMILES string of the molecule is COc1nc(NCC(C)(C)C#N)nn2ccc(-c3cc(F)c4ncn(CCF)c4c3)c12. The molecule has 0 unspecified atom stereocenters. The van der Waals surface area contributed by atoms with Crippen LogP contribution in [0.25, 0.3) is 27.7 Å². The van der Waals surface area contributed by atoms with Crippen LogP contribution in [-0.2, 0) is 6.54 Å². The molecule has 8 nitrogen and oxygen atoms in total. The summed E-state index contributed by atoms with van der Waals surface area (Å²) < 4.78 is 36.2. The van der Waals surface area contributed by atoms with Gasteiger partial charge in [-0.2, -0.15) is 10.2 Å². The number of imidazole rings is 1. The van der Waals surface area contributed by atoms with Crippen molar-refractivity contribution < 1.29 is 13.5 Å². The summed E-state index contributed by atoms with van der Waals surface area (Å²) in [4.78, 5) is 8.45. The third-order valence-electron chi connectivity index (χ3n) is 4.98. The van der Waals surface area contributed by atoms with Crippen molar-refractivity contribution in [1.29, 1.82) is 5.26 Å². The second-order valence-corrected chi connectivity index (χ2v) is 7.77. The fourth-order valence-electron chi connectivity index (χ4n) is 3.33. The lowest BCUT2D eigenvalue weighted by Gasteiger charge is -2.16. The quantitative estimate of drug-likeness (QED) is 0.484. The van der Waals surface area contributed by atoms with E-state index in [1.54, 1.807) is 27.4 Å². The summed E-state index contributed by atoms with van der Waals surface area (Å²) in [5.74, 6) is 0.101. The van der Waals surface area contributed by atoms with E-state index < -0.39 is 17.9 Å². The van der Waals surface area contributed by atoms with E-state index in [0.29, 0.717) is 40.5 Å². The first-order valence-corrected chi connectivity index (χ1v) is 9.66. The molecule has 0 atom stereocenters. The van der Waals surface area contributed by atoms with Crippen LogP contribution < -0.4 is 10.1 Å². The molecular weight excluding hydrogens is 404 g/mol. The molecule has 0 saturated carbocycles. The van der Waals surface area contributed by atoms with Gasteiger partial charge in [-0.25, -0.2) is 18.3 Å². The summed E-state index contributed by atoms with van der Waals surface area (Å²) in [7, 11) is 1.49. The van der Waals surface area contributed by atoms with Gasteiger partial charge < -0.3 is 14.6 Å². The van der Waals surface area contributed by atoms with Gasteiger partial charge in [0.05, 0.1) is 37.0 Å². The number of alkyl halides is 1. The van der Waals surface area contributed by atoms with E-state index in [1.165, 1.54) is 19.5 Å². The Labute approximate surface area is 177 Å². The maximum Gasteiger partial charge on any atom is 0.244 e. The molecule has 3 aromatic heterocycles. The second-order valence-electron chi connectivity index (χ2n) is 7.77. The van der Waals surface area contributed by atoms with Crippen LogP contribution in [0.1, 0.15) is 13.8 Å². The van der Waals surface area contributed by atoms with Crippen molar-refractivity contribution in [2.45, 2.75) is 20.4 Å². The summed E-state index contributed by atoms with van der Waals surface area (Å²) in [6.45, 7) is 3.49. The first kappa shape index (κ1) is 20.5. The van der Waals surface area contributed by atoms with Crippen LogP contribution in [0, 0.1) is 22.6 Å². The normalized spacial score (nSPS) is 11.7. The topological polar surface area (TPSA) is 93.1 Å². The van der Waals surface area contributed by atoms with Crippen LogP contribution in [0.3, 0.4) is 0 Å². The number of aryl methyl sites for hydroxylation is 1. The fraction of sp³-hybridized carbons (Fsp3) is 0.333. The molecule has 1 N–H and O–H groups in total. The Morgan fingerprint density at radius 3 is 2.84 bits per heavy atom. The Morgan fingerprint density at radius 2 is 2.13 bits per heavy atom. The summed E-state index contributed by atoms with van der Waals surface area (Å²) in [6, 6.07) is 7.14. The predicted molar refractivity (Wildman–Crippen MR) is 112 cm³/mol. The maximum absolute atomic E-state index is 14.7. The maximum atomic E-state index is 14.7. The first-order chi connectivity index (χ1) is 14.9. The van der Waals surface area contributed by atoms with Gasteiger partial charge in [0.1, 0.15) is 17.7 Å². The van der Waals surface area contributed by atoms with Gasteiger partial charge in [0, 0.05) is 18.3 Å². The van der Waals surface area contributed by atoms with Crippen molar-refractivity contribution in [3.05, 3.63) is 36.5 Å². The van der Waals surface area contributed by atoms with Crippen molar-refractivity contribution in [3.8, 4) is 23.1 Å². The van der Waals surface area contributed by atoms with Crippen molar-refractivity contribution in [3.63, 3.8) is 0 Å². The van der Waals surface area contributed by atoms with Crippen molar-refractivity contribution >= 4 is 22.5 Å². The molecule has 0 aliphatic heterocycles. The lowest BCUT2D eigenvalue weighted by molar-refractivity contribution is 0.399. The molecule has 10 heteroatoms. The number of fused-ring (bicyclic) bond motifs is 2. The highest BCUT2D eigenvalue weighted by Crippen LogP contribution is 2.34. The number of halogens is 2. The third-order valence-corrected chi connectivity index (χ3v) is 4.98. The van der Waals surface area contributed by atoms with Gasteiger partial charge in [0.15, 0.2) is 5.82 Å². The van der Waals surface area contributed by atoms with Gasteiger partial charge in [0.2, 0.25) is 11.8 Å². The number of hydrogen-bond acceptors (Lipinski definition) is 6. The zero-order valence-electron chi connectivity index (χ0n) is 17.4. The summed E-state index contributed by atoms with van der Waals surface area (Å²) in [5.41, 5.74) is 1.89. The number of nitrogens with one attached hydrogen (secondary N) is 1. The van der Waals surface area contributed by atoms with E-state index >= 15 is 0 Å². The Balaban J connectivity index is 1.80. The number of nitriles is 1. The van der Waals surface area contributed by atoms with Gasteiger partial charge >= 0.3 is 0 Å². The fourth-order valence-corrected chi connectivity index (χ4v) is 3.33. The highest BCUT2D eigenvalue weighted by Gasteiger charge is 2.20. The van der Waals surface area contributed by atoms with E-state index in [9.17, 15) is 14.0 Å². The van der Waals surface area contributed by atoms with Crippen LogP contribution in [0.5, 0.6) is 5.88 Å². The smallest absolute Gasteiger partial charge is 0.244 e. The molecular formula is C21H21F2N7O. The highest BCUT2D eigenvalue weighted by atomic mass is 19.1. The third kappa shape index (κ3) is 3.74. The van der Waals surface area contributed by atoms with Crippen molar-refractivity contribution in [1.82, 2.24) is 24.1 Å². The monoisotopic (exact) mass is 425 g/mol. The van der Waals surface area contributed by atoms with E-state index in [1.807, 2.05) is 13.8 Å². The van der Waals surface area contributed by atoms with Crippen molar-refractivity contribution in [2.75, 3.05) is 25.6 Å². The molecule has 0 spiro atoms. The van der Waals surface area contributed by atoms with Crippen molar-refractivity contribution in [2.24, 2.45) is 5.41 Å². The summed E-state index contributed by atoms with van der Waals surface area (Å²) in [5, 5.41) is 16.7. The van der Waals surface area contributed by atoms with E-state index in [4.69, 9.17) is 4.74 Å². The lowest BCUT2D eigenvalue weighted by atomic mass is 9.96. The molecule has 160 valence electrons. The molecule has 0 bridgehead atoms. The van der Waals surface area contributed by atoms with Gasteiger partial charge in [-0.1, -0.05) is 0 Å². The molecule has 4 aromatic rings. The van der Waals surface area contributed by atoms with Gasteiger partial charge in [-0.15, -0.1) is 5.10 Å². The minimum atomic E-state index is -0.594. The second kappa shape index (κ2) is 7.83. The predicted octanol–water partition coefficient (Wildman–Crippen LogP) is 3.82. The molecule has 0 saturated heterocycles. The standard InChI is InChI=1S/C21H21F2N7O/c1-21(2,10-24)11-25-20-27-19(31-3)18-14(4-6-30(18)28-20)13-8-15(23)17-16(9-13)29(7-5-22)12-26-17/h4,6,8-9,12H,5,7,11H2,1-3H3,(H,25,28). The molecule has 0 aliphatic carbocycles. The number of aromatic nitrogens is 5. The molecule has 0 amide bonds. The van der Waals surface area contributed by atoms with Gasteiger partial charge in [0.25, 0.3) is 0 Å². The summed E-state index contributed by atoms with van der Waals surface area (Å²) >= 11 is 0. The minimum Gasteiger partial charge on any atom is -0.479 e. The average Bonchev–Trinajstić information content (AvgIpc) is 3.37. The van der Waals surface area contributed by atoms with Crippen LogP contribution in [0.4, 0.5) is 14.7 Å². The number of ether oxygens (including phenoxy) is 1. The van der Waals surface area contributed by atoms with Gasteiger partial charge in [-0.3, -0.25) is 0 Å². The van der Waals surface area contributed by atoms with E-state index in [-0.39, 0.29) is 12.1 Å². The Hall–Kier alpha value is -3.74. The lowest BCUT2D eigenvalue weighted by Crippen LogP contribution is -2.22.